The number of aromatic nitrogens is 4. The normalized spacial score (nSPS) is 17.9. The summed E-state index contributed by atoms with van der Waals surface area (Å²) in [5.41, 5.74) is 1.58. The molecule has 0 radical (unpaired) electrons. The number of carboxylic acids is 1. The number of likely N-dealkylation sites (tertiary alicyclic amines) is 2. The lowest BCUT2D eigenvalue weighted by atomic mass is 9.77. The quantitative estimate of drug-likeness (QED) is 0.207. The summed E-state index contributed by atoms with van der Waals surface area (Å²) < 4.78 is 8.06. The molecule has 45 heavy (non-hydrogen) atoms. The summed E-state index contributed by atoms with van der Waals surface area (Å²) in [4.78, 5) is 31.7. The minimum Gasteiger partial charge on any atom is -0.479 e. The standard InChI is InChI=1S/C35H53N7O3/c1-4-29(5-2)41-20-12-35(13-21-41)11-19-39(27-35)17-8-18-42-22-16-38-33(42)26-40(25-32-36-14-15-37-32)24-28-9-7-10-30(23-28)45-31(6-3)34(43)44/h7,9-10,14-16,22-23,29,31H,4-6,8,11-13,17-21,24-27H2,1-3H3,(H,36,37)(H,43,44). The van der Waals surface area contributed by atoms with Crippen LogP contribution >= 0.6 is 0 Å². The maximum absolute atomic E-state index is 11.5. The third-order valence-corrected chi connectivity index (χ3v) is 10.0. The van der Waals surface area contributed by atoms with Crippen LogP contribution in [0.5, 0.6) is 5.75 Å². The van der Waals surface area contributed by atoms with E-state index in [-0.39, 0.29) is 0 Å². The van der Waals surface area contributed by atoms with Crippen molar-refractivity contribution in [3.63, 3.8) is 0 Å². The van der Waals surface area contributed by atoms with Crippen LogP contribution in [0.4, 0.5) is 0 Å². The molecule has 2 saturated heterocycles. The van der Waals surface area contributed by atoms with Crippen LogP contribution in [0, 0.1) is 5.41 Å². The largest absolute Gasteiger partial charge is 0.479 e. The van der Waals surface area contributed by atoms with Gasteiger partial charge < -0.3 is 29.2 Å². The fourth-order valence-electron chi connectivity index (χ4n) is 7.37. The number of hydrogen-bond donors (Lipinski definition) is 2. The monoisotopic (exact) mass is 619 g/mol. The molecule has 4 heterocycles. The first-order valence-electron chi connectivity index (χ1n) is 17.1. The van der Waals surface area contributed by atoms with Crippen molar-refractivity contribution >= 4 is 5.97 Å². The molecule has 2 aliphatic rings. The molecule has 2 aromatic heterocycles. The number of aromatic amines is 1. The fourth-order valence-corrected chi connectivity index (χ4v) is 7.37. The second-order valence-electron chi connectivity index (χ2n) is 13.1. The van der Waals surface area contributed by atoms with Crippen molar-refractivity contribution in [3.8, 4) is 5.75 Å². The van der Waals surface area contributed by atoms with Gasteiger partial charge in [-0.25, -0.2) is 14.8 Å². The van der Waals surface area contributed by atoms with Gasteiger partial charge in [0.2, 0.25) is 0 Å². The highest BCUT2D eigenvalue weighted by Gasteiger charge is 2.40. The molecular formula is C35H53N7O3. The number of aliphatic carboxylic acids is 1. The second kappa shape index (κ2) is 15.9. The molecule has 0 saturated carbocycles. The molecule has 1 aromatic carbocycles. The van der Waals surface area contributed by atoms with Gasteiger partial charge in [0.1, 0.15) is 17.4 Å². The van der Waals surface area contributed by atoms with Gasteiger partial charge in [0.05, 0.1) is 13.1 Å². The minimum absolute atomic E-state index is 0.405. The summed E-state index contributed by atoms with van der Waals surface area (Å²) >= 11 is 0. The number of piperidine rings is 1. The third kappa shape index (κ3) is 8.95. The number of carboxylic acid groups (broad SMARTS) is 1. The summed E-state index contributed by atoms with van der Waals surface area (Å²) in [5.74, 6) is 1.56. The average Bonchev–Trinajstić information content (AvgIpc) is 3.80. The van der Waals surface area contributed by atoms with Crippen molar-refractivity contribution in [1.29, 1.82) is 0 Å². The molecular weight excluding hydrogens is 566 g/mol. The Hall–Kier alpha value is -3.21. The number of carbonyl (C=O) groups is 1. The topological polar surface area (TPSA) is 103 Å². The highest BCUT2D eigenvalue weighted by atomic mass is 16.5. The molecule has 2 aliphatic heterocycles. The lowest BCUT2D eigenvalue weighted by molar-refractivity contribution is -0.145. The number of nitrogens with zero attached hydrogens (tertiary/aromatic N) is 6. The summed E-state index contributed by atoms with van der Waals surface area (Å²) in [5, 5.41) is 9.43. The zero-order chi connectivity index (χ0) is 31.6. The molecule has 2 fully saturated rings. The number of imidazole rings is 2. The number of benzene rings is 1. The SMILES string of the molecule is CCC(Oc1cccc(CN(Cc2ncc[nH]2)Cc2nccn2CCCN2CCC3(CCN(C(CC)CC)CC3)C2)c1)C(=O)O. The Morgan fingerprint density at radius 1 is 1.02 bits per heavy atom. The Morgan fingerprint density at radius 3 is 2.53 bits per heavy atom. The van der Waals surface area contributed by atoms with E-state index in [0.29, 0.717) is 37.2 Å². The number of H-pyrrole nitrogens is 1. The molecule has 1 spiro atoms. The first kappa shape index (κ1) is 33.2. The summed E-state index contributed by atoms with van der Waals surface area (Å²) in [7, 11) is 0. The Balaban J connectivity index is 1.15. The molecule has 10 heteroatoms. The van der Waals surface area contributed by atoms with Crippen LogP contribution < -0.4 is 4.74 Å². The van der Waals surface area contributed by atoms with Crippen LogP contribution in [-0.2, 0) is 31.0 Å². The van der Waals surface area contributed by atoms with Gasteiger partial charge in [0, 0.05) is 50.5 Å². The van der Waals surface area contributed by atoms with Crippen LogP contribution in [0.2, 0.25) is 0 Å². The van der Waals surface area contributed by atoms with E-state index in [1.807, 2.05) is 37.5 Å². The first-order valence-corrected chi connectivity index (χ1v) is 17.1. The number of hydrogen-bond acceptors (Lipinski definition) is 7. The van der Waals surface area contributed by atoms with Gasteiger partial charge in [0.15, 0.2) is 6.10 Å². The second-order valence-corrected chi connectivity index (χ2v) is 13.1. The summed E-state index contributed by atoms with van der Waals surface area (Å²) in [6, 6.07) is 8.48. The number of aryl methyl sites for hydroxylation is 1. The van der Waals surface area contributed by atoms with Crippen LogP contribution in [0.15, 0.2) is 49.1 Å². The van der Waals surface area contributed by atoms with Crippen LogP contribution in [0.1, 0.15) is 82.9 Å². The van der Waals surface area contributed by atoms with E-state index in [2.05, 4.69) is 55.3 Å². The van der Waals surface area contributed by atoms with Crippen molar-refractivity contribution in [2.45, 2.75) is 104 Å². The van der Waals surface area contributed by atoms with Gasteiger partial charge in [-0.1, -0.05) is 32.9 Å². The van der Waals surface area contributed by atoms with E-state index in [9.17, 15) is 9.90 Å². The number of ether oxygens (including phenoxy) is 1. The van der Waals surface area contributed by atoms with Crippen molar-refractivity contribution in [1.82, 2.24) is 34.2 Å². The van der Waals surface area contributed by atoms with Gasteiger partial charge in [-0.2, -0.15) is 0 Å². The minimum atomic E-state index is -0.948. The zero-order valence-corrected chi connectivity index (χ0v) is 27.5. The molecule has 3 aromatic rings. The highest BCUT2D eigenvalue weighted by molar-refractivity contribution is 5.72. The molecule has 10 nitrogen and oxygen atoms in total. The third-order valence-electron chi connectivity index (χ3n) is 10.0. The Bertz CT molecular complexity index is 1310. The van der Waals surface area contributed by atoms with Gasteiger partial charge in [0.25, 0.3) is 0 Å². The molecule has 1 unspecified atom stereocenters. The summed E-state index contributed by atoms with van der Waals surface area (Å²) in [6.45, 7) is 15.6. The smallest absolute Gasteiger partial charge is 0.344 e. The molecule has 0 bridgehead atoms. The lowest BCUT2D eigenvalue weighted by Gasteiger charge is -2.42. The number of nitrogens with one attached hydrogen (secondary N) is 1. The number of rotatable bonds is 17. The van der Waals surface area contributed by atoms with Crippen molar-refractivity contribution in [2.24, 2.45) is 5.41 Å². The van der Waals surface area contributed by atoms with Crippen LogP contribution in [0.3, 0.4) is 0 Å². The van der Waals surface area contributed by atoms with E-state index in [0.717, 1.165) is 42.8 Å². The molecule has 0 aliphatic carbocycles. The molecule has 0 amide bonds. The van der Waals surface area contributed by atoms with E-state index in [1.54, 1.807) is 6.20 Å². The van der Waals surface area contributed by atoms with Crippen molar-refractivity contribution in [2.75, 3.05) is 32.7 Å². The van der Waals surface area contributed by atoms with Gasteiger partial charge >= 0.3 is 5.97 Å². The molecule has 2 N–H and O–H groups in total. The highest BCUT2D eigenvalue weighted by Crippen LogP contribution is 2.41. The predicted octanol–water partition coefficient (Wildman–Crippen LogP) is 5.42. The molecule has 5 rings (SSSR count). The van der Waals surface area contributed by atoms with E-state index < -0.39 is 12.1 Å². The van der Waals surface area contributed by atoms with E-state index in [1.165, 1.54) is 58.3 Å². The Kier molecular flexibility index (Phi) is 11.7. The maximum Gasteiger partial charge on any atom is 0.344 e. The first-order chi connectivity index (χ1) is 21.9. The predicted molar refractivity (Wildman–Crippen MR) is 176 cm³/mol. The van der Waals surface area contributed by atoms with Crippen LogP contribution in [-0.4, -0.2) is 90.2 Å². The Morgan fingerprint density at radius 2 is 1.82 bits per heavy atom. The van der Waals surface area contributed by atoms with E-state index >= 15 is 0 Å². The van der Waals surface area contributed by atoms with Gasteiger partial charge in [-0.05, 0) is 94.2 Å². The summed E-state index contributed by atoms with van der Waals surface area (Å²) in [6.07, 6.45) is 14.9. The van der Waals surface area contributed by atoms with Gasteiger partial charge in [-0.15, -0.1) is 0 Å². The maximum atomic E-state index is 11.5. The van der Waals surface area contributed by atoms with Crippen molar-refractivity contribution < 1.29 is 14.6 Å². The van der Waals surface area contributed by atoms with Crippen molar-refractivity contribution in [3.05, 3.63) is 66.3 Å². The molecule has 246 valence electrons. The Labute approximate surface area is 268 Å². The molecule has 1 atom stereocenters. The lowest BCUT2D eigenvalue weighted by Crippen LogP contribution is -2.45. The average molecular weight is 620 g/mol. The van der Waals surface area contributed by atoms with Gasteiger partial charge in [-0.3, -0.25) is 4.90 Å². The zero-order valence-electron chi connectivity index (χ0n) is 27.5. The fraction of sp³-hybridized carbons (Fsp3) is 0.629. The van der Waals surface area contributed by atoms with Crippen LogP contribution in [0.25, 0.3) is 0 Å². The van der Waals surface area contributed by atoms with E-state index in [4.69, 9.17) is 9.72 Å².